The van der Waals surface area contributed by atoms with Crippen molar-refractivity contribution in [3.05, 3.63) is 35.2 Å². The van der Waals surface area contributed by atoms with Crippen molar-refractivity contribution < 1.29 is 8.42 Å². The molecule has 1 heterocycles. The van der Waals surface area contributed by atoms with E-state index in [1.807, 2.05) is 39.8 Å². The second-order valence-corrected chi connectivity index (χ2v) is 8.32. The monoisotopic (exact) mass is 335 g/mol. The Labute approximate surface area is 138 Å². The molecule has 2 aromatic rings. The van der Waals surface area contributed by atoms with E-state index < -0.39 is 10.0 Å². The summed E-state index contributed by atoms with van der Waals surface area (Å²) in [5.41, 5.74) is 2.73. The van der Waals surface area contributed by atoms with Crippen molar-refractivity contribution in [3.63, 3.8) is 0 Å². The van der Waals surface area contributed by atoms with Gasteiger partial charge in [0.1, 0.15) is 0 Å². The predicted molar refractivity (Wildman–Crippen MR) is 87.9 cm³/mol. The molecule has 23 heavy (non-hydrogen) atoms. The summed E-state index contributed by atoms with van der Waals surface area (Å²) >= 11 is 0. The molecule has 1 aromatic heterocycles. The number of nitrogens with zero attached hydrogens (tertiary/aromatic N) is 4. The normalized spacial score (nSPS) is 12.6. The molecule has 126 valence electrons. The summed E-state index contributed by atoms with van der Waals surface area (Å²) in [5, 5.41) is 10.3. The third-order valence-electron chi connectivity index (χ3n) is 3.86. The van der Waals surface area contributed by atoms with E-state index in [4.69, 9.17) is 0 Å². The van der Waals surface area contributed by atoms with Gasteiger partial charge in [-0.25, -0.2) is 14.7 Å². The topological polar surface area (TPSA) is 77.7 Å². The van der Waals surface area contributed by atoms with E-state index in [0.29, 0.717) is 10.8 Å². The van der Waals surface area contributed by atoms with Crippen LogP contribution in [0.25, 0.3) is 0 Å². The highest BCUT2D eigenvalue weighted by molar-refractivity contribution is 7.90. The van der Waals surface area contributed by atoms with Crippen molar-refractivity contribution in [2.45, 2.75) is 64.2 Å². The Morgan fingerprint density at radius 3 is 1.83 bits per heavy atom. The van der Waals surface area contributed by atoms with Gasteiger partial charge in [-0.3, -0.25) is 0 Å². The van der Waals surface area contributed by atoms with E-state index in [-0.39, 0.29) is 11.8 Å². The van der Waals surface area contributed by atoms with Crippen LogP contribution in [0.15, 0.2) is 17.0 Å². The Morgan fingerprint density at radius 1 is 0.957 bits per heavy atom. The van der Waals surface area contributed by atoms with E-state index >= 15 is 0 Å². The van der Waals surface area contributed by atoms with Gasteiger partial charge in [-0.15, -0.1) is 0 Å². The van der Waals surface area contributed by atoms with Crippen molar-refractivity contribution >= 4 is 10.0 Å². The fraction of sp³-hybridized carbons (Fsp3) is 0.562. The van der Waals surface area contributed by atoms with Crippen molar-refractivity contribution in [1.82, 2.24) is 19.6 Å². The molecule has 0 amide bonds. The molecule has 1 aromatic carbocycles. The third-order valence-corrected chi connectivity index (χ3v) is 5.46. The van der Waals surface area contributed by atoms with Gasteiger partial charge in [-0.05, 0) is 34.4 Å². The molecular formula is C16H23N4O2S-. The van der Waals surface area contributed by atoms with Crippen LogP contribution in [0, 0.1) is 6.33 Å². The number of aromatic nitrogens is 4. The largest absolute Gasteiger partial charge is 0.330 e. The van der Waals surface area contributed by atoms with E-state index in [0.717, 1.165) is 20.8 Å². The Bertz CT molecular complexity index is 749. The molecule has 2 rings (SSSR count). The van der Waals surface area contributed by atoms with Gasteiger partial charge >= 0.3 is 0 Å². The highest BCUT2D eigenvalue weighted by Gasteiger charge is 2.26. The summed E-state index contributed by atoms with van der Waals surface area (Å²) in [4.78, 5) is 0.301. The minimum Gasteiger partial charge on any atom is -0.330 e. The van der Waals surface area contributed by atoms with Gasteiger partial charge in [0.2, 0.25) is 0 Å². The first-order chi connectivity index (χ1) is 10.7. The first-order valence-corrected chi connectivity index (χ1v) is 9.19. The number of rotatable bonds is 5. The maximum absolute atomic E-state index is 13.0. The minimum absolute atomic E-state index is 0.0625. The molecule has 0 spiro atoms. The van der Waals surface area contributed by atoms with Gasteiger partial charge in [-0.2, -0.15) is 0 Å². The van der Waals surface area contributed by atoms with E-state index in [1.165, 1.54) is 0 Å². The predicted octanol–water partition coefficient (Wildman–Crippen LogP) is 3.08. The fourth-order valence-electron chi connectivity index (χ4n) is 2.51. The Balaban J connectivity index is 2.85. The zero-order chi connectivity index (χ0) is 17.4. The van der Waals surface area contributed by atoms with Gasteiger partial charge in [-0.1, -0.05) is 64.1 Å². The zero-order valence-corrected chi connectivity index (χ0v) is 15.2. The number of hydrogen-bond donors (Lipinski definition) is 0. The van der Waals surface area contributed by atoms with Gasteiger partial charge in [0, 0.05) is 0 Å². The maximum atomic E-state index is 13.0. The summed E-state index contributed by atoms with van der Waals surface area (Å²) in [6.45, 7) is 12.2. The molecule has 0 bridgehead atoms. The van der Waals surface area contributed by atoms with Crippen LogP contribution in [0.3, 0.4) is 0 Å². The summed E-state index contributed by atoms with van der Waals surface area (Å²) < 4.78 is 26.7. The minimum atomic E-state index is -3.86. The van der Waals surface area contributed by atoms with Crippen LogP contribution in [0.2, 0.25) is 0 Å². The Morgan fingerprint density at radius 2 is 1.48 bits per heavy atom. The van der Waals surface area contributed by atoms with Gasteiger partial charge < -0.3 is 9.19 Å². The molecule has 6 nitrogen and oxygen atoms in total. The highest BCUT2D eigenvalue weighted by Crippen LogP contribution is 2.35. The average Bonchev–Trinajstić information content (AvgIpc) is 3.00. The lowest BCUT2D eigenvalue weighted by Gasteiger charge is -2.23. The molecule has 0 saturated heterocycles. The molecule has 0 radical (unpaired) electrons. The first kappa shape index (κ1) is 17.6. The quantitative estimate of drug-likeness (QED) is 0.785. The van der Waals surface area contributed by atoms with Crippen LogP contribution in [-0.4, -0.2) is 28.0 Å². The van der Waals surface area contributed by atoms with Crippen molar-refractivity contribution in [1.29, 1.82) is 0 Å². The lowest BCUT2D eigenvalue weighted by Crippen LogP contribution is -2.20. The van der Waals surface area contributed by atoms with Crippen LogP contribution in [0.1, 0.15) is 76.0 Å². The fourth-order valence-corrected chi connectivity index (χ4v) is 4.14. The van der Waals surface area contributed by atoms with Crippen LogP contribution in [0.5, 0.6) is 0 Å². The molecule has 0 aliphatic carbocycles. The molecule has 0 atom stereocenters. The smallest absolute Gasteiger partial charge is 0.255 e. The van der Waals surface area contributed by atoms with Gasteiger partial charge in [0.25, 0.3) is 10.0 Å². The van der Waals surface area contributed by atoms with Crippen LogP contribution >= 0.6 is 0 Å². The number of tetrazole rings is 1. The Kier molecular flexibility index (Phi) is 4.89. The summed E-state index contributed by atoms with van der Waals surface area (Å²) in [5.74, 6) is 0.446. The van der Waals surface area contributed by atoms with E-state index in [1.54, 1.807) is 0 Å². The summed E-state index contributed by atoms with van der Waals surface area (Å²) in [6, 6.07) is 3.97. The summed E-state index contributed by atoms with van der Waals surface area (Å²) in [6.07, 6.45) is 2.30. The van der Waals surface area contributed by atoms with E-state index in [9.17, 15) is 8.42 Å². The lowest BCUT2D eigenvalue weighted by molar-refractivity contribution is 0.571. The van der Waals surface area contributed by atoms with Crippen LogP contribution in [0.4, 0.5) is 0 Å². The molecule has 0 N–H and O–H groups in total. The number of benzene rings is 1. The van der Waals surface area contributed by atoms with Crippen LogP contribution in [-0.2, 0) is 10.0 Å². The maximum Gasteiger partial charge on any atom is 0.255 e. The number of hydrogen-bond acceptors (Lipinski definition) is 5. The first-order valence-electron chi connectivity index (χ1n) is 7.75. The molecular weight excluding hydrogens is 312 g/mol. The molecule has 0 aliphatic rings. The highest BCUT2D eigenvalue weighted by atomic mass is 32.2. The molecule has 0 unspecified atom stereocenters. The SMILES string of the molecule is CC(C)c1cc(C(C)C)c(S(=O)(=O)n2[c-]nnn2)c(C(C)C)c1. The lowest BCUT2D eigenvalue weighted by atomic mass is 9.89. The van der Waals surface area contributed by atoms with Crippen molar-refractivity contribution in [3.8, 4) is 0 Å². The molecule has 0 aliphatic heterocycles. The van der Waals surface area contributed by atoms with E-state index in [2.05, 4.69) is 35.7 Å². The zero-order valence-electron chi connectivity index (χ0n) is 14.4. The molecule has 7 heteroatoms. The van der Waals surface area contributed by atoms with Gasteiger partial charge in [0.05, 0.1) is 4.90 Å². The standard InChI is InChI=1S/C16H23N4O2S/c1-10(2)13-7-14(11(3)4)16(15(8-13)12(5)6)23(21,22)20-9-17-18-19-20/h7-8,10-12H,1-6H3/q-1. The second kappa shape index (κ2) is 6.39. The molecule has 0 saturated carbocycles. The Hall–Kier alpha value is -1.76. The summed E-state index contributed by atoms with van der Waals surface area (Å²) in [7, 11) is -3.86. The van der Waals surface area contributed by atoms with Crippen LogP contribution < -0.4 is 0 Å². The van der Waals surface area contributed by atoms with Crippen molar-refractivity contribution in [2.75, 3.05) is 0 Å². The second-order valence-electron chi connectivity index (χ2n) is 6.62. The third kappa shape index (κ3) is 3.29. The van der Waals surface area contributed by atoms with Gasteiger partial charge in [0.15, 0.2) is 0 Å². The average molecular weight is 335 g/mol. The van der Waals surface area contributed by atoms with Crippen molar-refractivity contribution in [2.24, 2.45) is 0 Å². The molecule has 0 fully saturated rings.